The van der Waals surface area contributed by atoms with Gasteiger partial charge in [-0.05, 0) is 150 Å². The van der Waals surface area contributed by atoms with Gasteiger partial charge in [0.15, 0.2) is 11.6 Å². The van der Waals surface area contributed by atoms with Crippen LogP contribution in [0.5, 0.6) is 0 Å². The average Bonchev–Trinajstić information content (AvgIpc) is 1.67. The van der Waals surface area contributed by atoms with Gasteiger partial charge in [-0.15, -0.1) is 15.3 Å². The Hall–Kier alpha value is -10.5. The minimum absolute atomic E-state index is 0.0610. The predicted molar refractivity (Wildman–Crippen MR) is 357 cm³/mol. The number of H-pyrrole nitrogens is 2. The molecule has 8 heterocycles. The zero-order chi connectivity index (χ0) is 64.7. The Balaban J connectivity index is 0.000000171. The molecule has 6 aromatic carbocycles. The van der Waals surface area contributed by atoms with Crippen molar-refractivity contribution >= 4 is 57.3 Å². The molecule has 4 aliphatic heterocycles. The summed E-state index contributed by atoms with van der Waals surface area (Å²) < 4.78 is 1.80. The molecule has 2 atom stereocenters. The number of urea groups is 4. The number of amides is 8. The van der Waals surface area contributed by atoms with Gasteiger partial charge in [0, 0.05) is 104 Å². The van der Waals surface area contributed by atoms with Crippen LogP contribution in [0.1, 0.15) is 119 Å². The highest BCUT2D eigenvalue weighted by Gasteiger charge is 2.36. The number of piperidine rings is 2. The zero-order valence-electron chi connectivity index (χ0n) is 53.6. The van der Waals surface area contributed by atoms with Gasteiger partial charge in [0.1, 0.15) is 0 Å². The number of likely N-dealkylation sites (tertiary alicyclic amines) is 2. The minimum atomic E-state index is -0.482. The van der Waals surface area contributed by atoms with Crippen molar-refractivity contribution in [2.24, 2.45) is 0 Å². The number of carbonyl (C=O) groups is 4. The molecule has 2 unspecified atom stereocenters. The lowest BCUT2D eigenvalue weighted by Gasteiger charge is -2.40. The third-order valence-electron chi connectivity index (χ3n) is 18.9. The molecule has 2 saturated heterocycles. The van der Waals surface area contributed by atoms with Crippen LogP contribution in [0.15, 0.2) is 133 Å². The standard InChI is InChI=1S/2C35H40N10O2/c1-3-26-19-25(20-29-23(2)38-39-32(26)29)21-31(33-40-41-42-45(33)18-13-24-9-5-4-6-10-24)37-34(46)43-16-14-28(15-17-43)44-22-27-11-7-8-12-30(27)36-35(44)47;1-3-26-19-25(20-29-23(2)38-39-32(26)29)21-31(33-40-42-45(41-33)18-13-24-9-5-4-6-10-24)37-34(46)43-16-14-28(15-17-43)44-22-27-11-7-8-12-30(27)36-35(44)47/h2*4-12,19-20,28,31H,3,13-18,21-22H2,1-2H3,(H,36,47)(H,37,46)(H,38,39). The van der Waals surface area contributed by atoms with Gasteiger partial charge in [-0.25, -0.2) is 23.9 Å². The van der Waals surface area contributed by atoms with Crippen LogP contribution in [-0.2, 0) is 64.7 Å². The van der Waals surface area contributed by atoms with Crippen LogP contribution in [0.4, 0.5) is 30.6 Å². The van der Waals surface area contributed by atoms with Crippen molar-refractivity contribution in [1.82, 2.24) is 91.0 Å². The van der Waals surface area contributed by atoms with Gasteiger partial charge in [0.25, 0.3) is 0 Å². The number of nitrogens with one attached hydrogen (secondary N) is 6. The van der Waals surface area contributed by atoms with E-state index in [9.17, 15) is 19.2 Å². The van der Waals surface area contributed by atoms with Gasteiger partial charge in [0.2, 0.25) is 0 Å². The van der Waals surface area contributed by atoms with E-state index in [4.69, 9.17) is 5.10 Å². The Morgan fingerprint density at radius 3 is 1.53 bits per heavy atom. The molecule has 24 heteroatoms. The summed E-state index contributed by atoms with van der Waals surface area (Å²) in [7, 11) is 0. The fourth-order valence-corrected chi connectivity index (χ4v) is 13.6. The van der Waals surface area contributed by atoms with Crippen molar-refractivity contribution in [2.45, 2.75) is 142 Å². The number of hydrogen-bond donors (Lipinski definition) is 6. The second kappa shape index (κ2) is 28.1. The molecule has 94 heavy (non-hydrogen) atoms. The normalized spacial score (nSPS) is 15.8. The molecule has 14 rings (SSSR count). The molecule has 484 valence electrons. The molecule has 24 nitrogen and oxygen atoms in total. The van der Waals surface area contributed by atoms with E-state index in [0.29, 0.717) is 103 Å². The van der Waals surface area contributed by atoms with E-state index in [1.807, 2.05) is 118 Å². The lowest BCUT2D eigenvalue weighted by atomic mass is 9.98. The fourth-order valence-electron chi connectivity index (χ4n) is 13.6. The summed E-state index contributed by atoms with van der Waals surface area (Å²) in [5.74, 6) is 1.10. The van der Waals surface area contributed by atoms with Gasteiger partial charge in [-0.2, -0.15) is 15.0 Å². The summed E-state index contributed by atoms with van der Waals surface area (Å²) in [6, 6.07) is 43.6. The largest absolute Gasteiger partial charge is 0.328 e. The van der Waals surface area contributed by atoms with Crippen LogP contribution >= 0.6 is 0 Å². The second-order valence-corrected chi connectivity index (χ2v) is 25.0. The molecule has 4 aliphatic rings. The van der Waals surface area contributed by atoms with E-state index >= 15 is 0 Å². The Labute approximate surface area is 545 Å². The average molecular weight is 1270 g/mol. The maximum atomic E-state index is 13.9. The number of nitrogens with zero attached hydrogens (tertiary/aromatic N) is 14. The van der Waals surface area contributed by atoms with Gasteiger partial charge >= 0.3 is 24.1 Å². The van der Waals surface area contributed by atoms with E-state index in [-0.39, 0.29) is 36.2 Å². The third-order valence-corrected chi connectivity index (χ3v) is 18.9. The van der Waals surface area contributed by atoms with Crippen LogP contribution in [-0.4, -0.2) is 143 Å². The molecule has 0 bridgehead atoms. The predicted octanol–water partition coefficient (Wildman–Crippen LogP) is 10.3. The van der Waals surface area contributed by atoms with Crippen molar-refractivity contribution in [2.75, 3.05) is 36.8 Å². The van der Waals surface area contributed by atoms with Crippen LogP contribution in [0.3, 0.4) is 0 Å². The van der Waals surface area contributed by atoms with Crippen molar-refractivity contribution in [3.8, 4) is 0 Å². The maximum Gasteiger partial charge on any atom is 0.322 e. The van der Waals surface area contributed by atoms with Crippen LogP contribution in [0, 0.1) is 13.8 Å². The molecule has 4 aromatic heterocycles. The Morgan fingerprint density at radius 1 is 0.553 bits per heavy atom. The first-order valence-corrected chi connectivity index (χ1v) is 32.9. The number of anilines is 2. The van der Waals surface area contributed by atoms with E-state index in [1.165, 1.54) is 11.1 Å². The van der Waals surface area contributed by atoms with Crippen molar-refractivity contribution < 1.29 is 19.2 Å². The highest BCUT2D eigenvalue weighted by atomic mass is 16.2. The summed E-state index contributed by atoms with van der Waals surface area (Å²) in [6.45, 7) is 12.8. The summed E-state index contributed by atoms with van der Waals surface area (Å²) >= 11 is 0. The summed E-state index contributed by atoms with van der Waals surface area (Å²) in [6.07, 6.45) is 7.09. The monoisotopic (exact) mass is 1260 g/mol. The van der Waals surface area contributed by atoms with Crippen LogP contribution in [0.25, 0.3) is 21.8 Å². The van der Waals surface area contributed by atoms with Crippen LogP contribution < -0.4 is 21.3 Å². The number of rotatable bonds is 18. The third kappa shape index (κ3) is 14.0. The van der Waals surface area contributed by atoms with Crippen molar-refractivity contribution in [1.29, 1.82) is 0 Å². The number of tetrazole rings is 2. The molecule has 0 saturated carbocycles. The molecule has 8 amide bonds. The number of para-hydroxylation sites is 2. The van der Waals surface area contributed by atoms with Crippen molar-refractivity contribution in [3.63, 3.8) is 0 Å². The number of hydrogen-bond acceptors (Lipinski definition) is 12. The molecular weight excluding hydrogens is 1180 g/mol. The highest BCUT2D eigenvalue weighted by molar-refractivity contribution is 5.93. The molecule has 0 aliphatic carbocycles. The van der Waals surface area contributed by atoms with Gasteiger partial charge in [-0.1, -0.05) is 123 Å². The zero-order valence-corrected chi connectivity index (χ0v) is 53.6. The quantitative estimate of drug-likeness (QED) is 0.0468. The number of carbonyl (C=O) groups excluding carboxylic acids is 4. The molecule has 6 N–H and O–H groups in total. The Bertz CT molecular complexity index is 4300. The first-order chi connectivity index (χ1) is 45.9. The maximum absolute atomic E-state index is 13.9. The fraction of sp³-hybridized carbons (Fsp3) is 0.371. The lowest BCUT2D eigenvalue weighted by Crippen LogP contribution is -2.53. The smallest absolute Gasteiger partial charge is 0.322 e. The number of fused-ring (bicyclic) bond motifs is 4. The molecular formula is C70H80N20O4. The van der Waals surface area contributed by atoms with Crippen molar-refractivity contribution in [3.05, 3.63) is 201 Å². The molecule has 2 fully saturated rings. The first kappa shape index (κ1) is 62.3. The molecule has 0 radical (unpaired) electrons. The summed E-state index contributed by atoms with van der Waals surface area (Å²) in [4.78, 5) is 62.6. The minimum Gasteiger partial charge on any atom is -0.328 e. The van der Waals surface area contributed by atoms with Gasteiger partial charge < -0.3 is 40.9 Å². The summed E-state index contributed by atoms with van der Waals surface area (Å²) in [5.41, 5.74) is 14.8. The number of aromatic nitrogens is 12. The van der Waals surface area contributed by atoms with Crippen LogP contribution in [0.2, 0.25) is 0 Å². The van der Waals surface area contributed by atoms with Gasteiger partial charge in [0.05, 0.1) is 29.7 Å². The number of aromatic amines is 2. The lowest BCUT2D eigenvalue weighted by molar-refractivity contribution is 0.126. The first-order valence-electron chi connectivity index (χ1n) is 32.9. The summed E-state index contributed by atoms with van der Waals surface area (Å²) in [5, 5.41) is 56.3. The topological polar surface area (TPSA) is 274 Å². The highest BCUT2D eigenvalue weighted by Crippen LogP contribution is 2.32. The molecule has 10 aromatic rings. The van der Waals surface area contributed by atoms with E-state index in [1.54, 1.807) is 9.48 Å². The van der Waals surface area contributed by atoms with E-state index < -0.39 is 12.1 Å². The van der Waals surface area contributed by atoms with E-state index in [2.05, 4.69) is 130 Å². The molecule has 0 spiro atoms. The Morgan fingerprint density at radius 2 is 1.02 bits per heavy atom. The number of benzene rings is 6. The Kier molecular flexibility index (Phi) is 18.7. The second-order valence-electron chi connectivity index (χ2n) is 25.0. The SMILES string of the molecule is CCc1cc(CC(NC(=O)N2CCC(N3Cc4ccccc4NC3=O)CC2)c2nnn(CCc3ccccc3)n2)cc2c(C)[nH]nc12.CCc1cc(CC(NC(=O)N2CCC(N3Cc4ccccc4NC3=O)CC2)c2nnnn2CCc2ccccc2)cc2c(C)[nH]nc12. The van der Waals surface area contributed by atoms with E-state index in [0.717, 1.165) is 104 Å². The number of aryl methyl sites for hydroxylation is 8. The van der Waals surface area contributed by atoms with Gasteiger partial charge in [-0.3, -0.25) is 10.2 Å².